The van der Waals surface area contributed by atoms with Crippen molar-refractivity contribution in [3.63, 3.8) is 0 Å². The fourth-order valence-electron chi connectivity index (χ4n) is 1.41. The molecule has 0 aliphatic carbocycles. The Balaban J connectivity index is 2.83. The van der Waals surface area contributed by atoms with E-state index in [4.69, 9.17) is 0 Å². The van der Waals surface area contributed by atoms with Crippen LogP contribution in [0.4, 0.5) is 5.69 Å². The molecule has 0 aromatic heterocycles. The van der Waals surface area contributed by atoms with Crippen molar-refractivity contribution in [2.45, 2.75) is 32.9 Å². The van der Waals surface area contributed by atoms with Crippen LogP contribution in [0.25, 0.3) is 0 Å². The van der Waals surface area contributed by atoms with Gasteiger partial charge in [0.1, 0.15) is 0 Å². The number of nitrogens with zero attached hydrogens (tertiary/aromatic N) is 1. The number of rotatable bonds is 3. The molecular weight excluding hydrogens is 174 g/mol. The topological polar surface area (TPSA) is 23.5 Å². The van der Waals surface area contributed by atoms with Gasteiger partial charge in [-0.15, -0.1) is 0 Å². The molecule has 1 aromatic carbocycles. The maximum Gasteiger partial charge on any atom is 0.0712 e. The molecule has 0 fully saturated rings. The first-order chi connectivity index (χ1) is 6.52. The Morgan fingerprint density at radius 1 is 1.29 bits per heavy atom. The van der Waals surface area contributed by atoms with E-state index < -0.39 is 0 Å². The number of benzene rings is 1. The summed E-state index contributed by atoms with van der Waals surface area (Å²) in [5.74, 6) is 0. The van der Waals surface area contributed by atoms with E-state index in [1.165, 1.54) is 5.56 Å². The Kier molecular flexibility index (Phi) is 3.53. The predicted molar refractivity (Wildman–Crippen MR) is 60.7 cm³/mol. The highest BCUT2D eigenvalue weighted by molar-refractivity contribution is 5.48. The summed E-state index contributed by atoms with van der Waals surface area (Å²) >= 11 is 0. The zero-order valence-electron chi connectivity index (χ0n) is 9.36. The normalized spacial score (nSPS) is 14.9. The van der Waals surface area contributed by atoms with Crippen LogP contribution in [0.3, 0.4) is 0 Å². The summed E-state index contributed by atoms with van der Waals surface area (Å²) in [4.78, 5) is 2.09. The summed E-state index contributed by atoms with van der Waals surface area (Å²) in [6.07, 6.45) is -0.319. The van der Waals surface area contributed by atoms with Crippen molar-refractivity contribution in [2.24, 2.45) is 0 Å². The number of hydrogen-bond acceptors (Lipinski definition) is 2. The number of aliphatic hydroxyl groups is 1. The van der Waals surface area contributed by atoms with Crippen molar-refractivity contribution in [3.8, 4) is 0 Å². The summed E-state index contributed by atoms with van der Waals surface area (Å²) in [6.45, 7) is 5.91. The molecule has 0 aliphatic heterocycles. The molecule has 1 aromatic rings. The summed E-state index contributed by atoms with van der Waals surface area (Å²) < 4.78 is 0. The largest absolute Gasteiger partial charge is 0.391 e. The van der Waals surface area contributed by atoms with Gasteiger partial charge in [-0.3, -0.25) is 0 Å². The van der Waals surface area contributed by atoms with Crippen LogP contribution in [0.15, 0.2) is 24.3 Å². The highest BCUT2D eigenvalue weighted by Crippen LogP contribution is 2.17. The molecular formula is C12H19NO. The first kappa shape index (κ1) is 11.1. The van der Waals surface area contributed by atoms with Gasteiger partial charge in [-0.2, -0.15) is 0 Å². The zero-order chi connectivity index (χ0) is 10.7. The maximum absolute atomic E-state index is 9.48. The van der Waals surface area contributed by atoms with E-state index in [1.54, 1.807) is 0 Å². The molecule has 0 saturated carbocycles. The zero-order valence-corrected chi connectivity index (χ0v) is 9.36. The lowest BCUT2D eigenvalue weighted by Gasteiger charge is -2.29. The fraction of sp³-hybridized carbons (Fsp3) is 0.500. The molecule has 2 atom stereocenters. The molecule has 1 rings (SSSR count). The van der Waals surface area contributed by atoms with Gasteiger partial charge in [-0.05, 0) is 38.5 Å². The minimum absolute atomic E-state index is 0.136. The van der Waals surface area contributed by atoms with Crippen molar-refractivity contribution >= 4 is 5.69 Å². The van der Waals surface area contributed by atoms with Crippen molar-refractivity contribution in [3.05, 3.63) is 29.8 Å². The van der Waals surface area contributed by atoms with Crippen LogP contribution in [0.5, 0.6) is 0 Å². The third kappa shape index (κ3) is 2.48. The first-order valence-corrected chi connectivity index (χ1v) is 5.00. The second kappa shape index (κ2) is 4.47. The Labute approximate surface area is 86.2 Å². The highest BCUT2D eigenvalue weighted by atomic mass is 16.3. The van der Waals surface area contributed by atoms with Crippen LogP contribution < -0.4 is 4.90 Å². The average molecular weight is 193 g/mol. The molecule has 0 spiro atoms. The fourth-order valence-corrected chi connectivity index (χ4v) is 1.41. The average Bonchev–Trinajstić information content (AvgIpc) is 2.15. The second-order valence-corrected chi connectivity index (χ2v) is 3.93. The van der Waals surface area contributed by atoms with Crippen molar-refractivity contribution in [1.82, 2.24) is 0 Å². The van der Waals surface area contributed by atoms with Crippen molar-refractivity contribution in [1.29, 1.82) is 0 Å². The van der Waals surface area contributed by atoms with Crippen LogP contribution >= 0.6 is 0 Å². The second-order valence-electron chi connectivity index (χ2n) is 3.93. The molecule has 2 nitrogen and oxygen atoms in total. The maximum atomic E-state index is 9.48. The van der Waals surface area contributed by atoms with Crippen molar-refractivity contribution in [2.75, 3.05) is 11.9 Å². The molecule has 0 radical (unpaired) electrons. The lowest BCUT2D eigenvalue weighted by atomic mass is 10.1. The molecule has 2 heteroatoms. The summed E-state index contributed by atoms with van der Waals surface area (Å²) in [7, 11) is 2.01. The van der Waals surface area contributed by atoms with E-state index in [1.807, 2.05) is 27.0 Å². The Morgan fingerprint density at radius 2 is 1.93 bits per heavy atom. The van der Waals surface area contributed by atoms with E-state index in [0.29, 0.717) is 0 Å². The third-order valence-corrected chi connectivity index (χ3v) is 2.72. The molecule has 2 unspecified atom stereocenters. The van der Waals surface area contributed by atoms with Gasteiger partial charge >= 0.3 is 0 Å². The Morgan fingerprint density at radius 3 is 2.43 bits per heavy atom. The third-order valence-electron chi connectivity index (χ3n) is 2.72. The lowest BCUT2D eigenvalue weighted by molar-refractivity contribution is 0.168. The summed E-state index contributed by atoms with van der Waals surface area (Å²) in [6, 6.07) is 8.43. The number of aliphatic hydroxyl groups excluding tert-OH is 1. The van der Waals surface area contributed by atoms with E-state index in [9.17, 15) is 5.11 Å². The molecule has 0 saturated heterocycles. The van der Waals surface area contributed by atoms with E-state index in [-0.39, 0.29) is 12.1 Å². The summed E-state index contributed by atoms with van der Waals surface area (Å²) in [5.41, 5.74) is 2.39. The van der Waals surface area contributed by atoms with E-state index in [0.717, 1.165) is 5.69 Å². The highest BCUT2D eigenvalue weighted by Gasteiger charge is 2.14. The molecule has 78 valence electrons. The van der Waals surface area contributed by atoms with Crippen molar-refractivity contribution < 1.29 is 5.11 Å². The Bertz CT molecular complexity index is 296. The first-order valence-electron chi connectivity index (χ1n) is 5.00. The minimum Gasteiger partial charge on any atom is -0.391 e. The molecule has 0 heterocycles. The number of likely N-dealkylation sites (N-methyl/N-ethyl adjacent to an activating group) is 1. The number of aryl methyl sites for hydroxylation is 1. The van der Waals surface area contributed by atoms with E-state index in [2.05, 4.69) is 30.0 Å². The van der Waals surface area contributed by atoms with Gasteiger partial charge < -0.3 is 10.0 Å². The molecule has 0 aliphatic rings. The van der Waals surface area contributed by atoms with Crippen LogP contribution in [0.2, 0.25) is 0 Å². The number of hydrogen-bond donors (Lipinski definition) is 1. The SMILES string of the molecule is Cc1cccc(N(C)C(C)C(C)O)c1. The quantitative estimate of drug-likeness (QED) is 0.795. The molecule has 1 N–H and O–H groups in total. The van der Waals surface area contributed by atoms with Crippen LogP contribution in [-0.2, 0) is 0 Å². The molecule has 0 bridgehead atoms. The van der Waals surface area contributed by atoms with E-state index >= 15 is 0 Å². The Hall–Kier alpha value is -1.02. The van der Waals surface area contributed by atoms with Gasteiger partial charge in [0.15, 0.2) is 0 Å². The lowest BCUT2D eigenvalue weighted by Crippen LogP contribution is -2.37. The predicted octanol–water partition coefficient (Wildman–Crippen LogP) is 2.20. The smallest absolute Gasteiger partial charge is 0.0712 e. The van der Waals surface area contributed by atoms with Crippen LogP contribution in [-0.4, -0.2) is 24.3 Å². The molecule has 0 amide bonds. The standard InChI is InChI=1S/C12H19NO/c1-9-6-5-7-12(8-9)13(4)10(2)11(3)14/h5-8,10-11,14H,1-4H3. The van der Waals surface area contributed by atoms with Gasteiger partial charge in [0.25, 0.3) is 0 Å². The molecule has 14 heavy (non-hydrogen) atoms. The van der Waals surface area contributed by atoms with Gasteiger partial charge in [0.05, 0.1) is 12.1 Å². The number of anilines is 1. The minimum atomic E-state index is -0.319. The van der Waals surface area contributed by atoms with Gasteiger partial charge in [0, 0.05) is 12.7 Å². The van der Waals surface area contributed by atoms with Gasteiger partial charge in [0.2, 0.25) is 0 Å². The monoisotopic (exact) mass is 193 g/mol. The summed E-state index contributed by atoms with van der Waals surface area (Å²) in [5, 5.41) is 9.48. The van der Waals surface area contributed by atoms with Crippen LogP contribution in [0.1, 0.15) is 19.4 Å². The van der Waals surface area contributed by atoms with Gasteiger partial charge in [-0.1, -0.05) is 12.1 Å². The van der Waals surface area contributed by atoms with Gasteiger partial charge in [-0.25, -0.2) is 0 Å². The van der Waals surface area contributed by atoms with Crippen LogP contribution in [0, 0.1) is 6.92 Å².